The minimum absolute atomic E-state index is 0.364. The Hall–Kier alpha value is -1.10. The van der Waals surface area contributed by atoms with E-state index in [-0.39, 0.29) is 0 Å². The highest BCUT2D eigenvalue weighted by atomic mass is 35.5. The van der Waals surface area contributed by atoms with Crippen LogP contribution in [0.4, 0.5) is 0 Å². The van der Waals surface area contributed by atoms with Crippen LogP contribution in [0.15, 0.2) is 23.6 Å². The van der Waals surface area contributed by atoms with E-state index in [1.54, 1.807) is 11.3 Å². The highest BCUT2D eigenvalue weighted by Crippen LogP contribution is 2.27. The second kappa shape index (κ2) is 6.37. The van der Waals surface area contributed by atoms with Crippen LogP contribution in [-0.2, 0) is 13.2 Å². The van der Waals surface area contributed by atoms with Crippen LogP contribution in [-0.4, -0.2) is 4.98 Å². The summed E-state index contributed by atoms with van der Waals surface area (Å²) in [5.74, 6) is 1.18. The van der Waals surface area contributed by atoms with Crippen molar-refractivity contribution >= 4 is 22.9 Å². The summed E-state index contributed by atoms with van der Waals surface area (Å²) in [4.78, 5) is 4.53. The number of benzene rings is 1. The summed E-state index contributed by atoms with van der Waals surface area (Å²) in [6.45, 7) is 5.07. The Balaban J connectivity index is 2.08. The standard InChI is InChI=1S/C14H17ClN2OS/c1-9(2)14-17-10(8-19-14)7-18-13-5-3-4-12(15)11(13)6-16/h3-5,8-9H,6-7,16H2,1-2H3. The maximum absolute atomic E-state index is 6.08. The number of nitrogens with two attached hydrogens (primary N) is 1. The lowest BCUT2D eigenvalue weighted by atomic mass is 10.2. The van der Waals surface area contributed by atoms with Crippen molar-refractivity contribution in [2.45, 2.75) is 32.9 Å². The molecule has 19 heavy (non-hydrogen) atoms. The highest BCUT2D eigenvalue weighted by molar-refractivity contribution is 7.09. The van der Waals surface area contributed by atoms with E-state index in [0.717, 1.165) is 22.0 Å². The van der Waals surface area contributed by atoms with Crippen molar-refractivity contribution in [2.24, 2.45) is 5.73 Å². The van der Waals surface area contributed by atoms with E-state index in [9.17, 15) is 0 Å². The molecular formula is C14H17ClN2OS. The quantitative estimate of drug-likeness (QED) is 0.908. The zero-order chi connectivity index (χ0) is 13.8. The molecule has 102 valence electrons. The van der Waals surface area contributed by atoms with Gasteiger partial charge in [-0.25, -0.2) is 4.98 Å². The fraction of sp³-hybridized carbons (Fsp3) is 0.357. The first-order chi connectivity index (χ1) is 9.11. The van der Waals surface area contributed by atoms with Gasteiger partial charge in [0.1, 0.15) is 12.4 Å². The molecule has 0 aliphatic rings. The van der Waals surface area contributed by atoms with E-state index in [2.05, 4.69) is 18.8 Å². The van der Waals surface area contributed by atoms with Gasteiger partial charge in [0.15, 0.2) is 0 Å². The molecule has 0 unspecified atom stereocenters. The molecule has 2 N–H and O–H groups in total. The fourth-order valence-corrected chi connectivity index (χ4v) is 2.74. The lowest BCUT2D eigenvalue weighted by molar-refractivity contribution is 0.298. The van der Waals surface area contributed by atoms with Gasteiger partial charge in [-0.2, -0.15) is 0 Å². The van der Waals surface area contributed by atoms with Crippen molar-refractivity contribution < 1.29 is 4.74 Å². The Kier molecular flexibility index (Phi) is 4.80. The molecule has 0 saturated carbocycles. The summed E-state index contributed by atoms with van der Waals surface area (Å²) in [6.07, 6.45) is 0. The van der Waals surface area contributed by atoms with E-state index >= 15 is 0 Å². The number of halogens is 1. The summed E-state index contributed by atoms with van der Waals surface area (Å²) in [6, 6.07) is 5.55. The topological polar surface area (TPSA) is 48.1 Å². The molecule has 2 aromatic rings. The molecule has 0 radical (unpaired) electrons. The Morgan fingerprint density at radius 3 is 2.84 bits per heavy atom. The average molecular weight is 297 g/mol. The van der Waals surface area contributed by atoms with Crippen LogP contribution >= 0.6 is 22.9 Å². The number of hydrogen-bond donors (Lipinski definition) is 1. The summed E-state index contributed by atoms with van der Waals surface area (Å²) in [5.41, 5.74) is 7.46. The molecular weight excluding hydrogens is 280 g/mol. The van der Waals surface area contributed by atoms with Gasteiger partial charge in [0.2, 0.25) is 0 Å². The van der Waals surface area contributed by atoms with Gasteiger partial charge in [-0.3, -0.25) is 0 Å². The van der Waals surface area contributed by atoms with Gasteiger partial charge in [0.05, 0.1) is 10.7 Å². The van der Waals surface area contributed by atoms with Crippen molar-refractivity contribution in [1.82, 2.24) is 4.98 Å². The molecule has 5 heteroatoms. The Labute approximate surface area is 122 Å². The first kappa shape index (κ1) is 14.3. The van der Waals surface area contributed by atoms with Crippen LogP contribution in [0.25, 0.3) is 0 Å². The molecule has 2 rings (SSSR count). The minimum Gasteiger partial charge on any atom is -0.487 e. The largest absolute Gasteiger partial charge is 0.487 e. The molecule has 0 amide bonds. The predicted octanol–water partition coefficient (Wildman–Crippen LogP) is 3.96. The third-order valence-electron chi connectivity index (χ3n) is 2.72. The third-order valence-corrected chi connectivity index (χ3v) is 4.27. The molecule has 0 atom stereocenters. The third kappa shape index (κ3) is 3.47. The van der Waals surface area contributed by atoms with Crippen molar-refractivity contribution in [3.63, 3.8) is 0 Å². The number of rotatable bonds is 5. The lowest BCUT2D eigenvalue weighted by Gasteiger charge is -2.10. The molecule has 0 spiro atoms. The van der Waals surface area contributed by atoms with Crippen molar-refractivity contribution in [3.05, 3.63) is 44.9 Å². The number of nitrogens with zero attached hydrogens (tertiary/aromatic N) is 1. The predicted molar refractivity (Wildman–Crippen MR) is 79.9 cm³/mol. The lowest BCUT2D eigenvalue weighted by Crippen LogP contribution is -2.03. The number of ether oxygens (including phenoxy) is 1. The number of thiazole rings is 1. The molecule has 0 aliphatic carbocycles. The van der Waals surface area contributed by atoms with E-state index in [0.29, 0.717) is 24.1 Å². The van der Waals surface area contributed by atoms with E-state index < -0.39 is 0 Å². The number of hydrogen-bond acceptors (Lipinski definition) is 4. The van der Waals surface area contributed by atoms with Crippen molar-refractivity contribution in [2.75, 3.05) is 0 Å². The Morgan fingerprint density at radius 2 is 2.21 bits per heavy atom. The highest BCUT2D eigenvalue weighted by Gasteiger charge is 2.09. The van der Waals surface area contributed by atoms with E-state index in [1.165, 1.54) is 0 Å². The van der Waals surface area contributed by atoms with Crippen LogP contribution in [0.1, 0.15) is 36.0 Å². The molecule has 0 saturated heterocycles. The summed E-state index contributed by atoms with van der Waals surface area (Å²) >= 11 is 7.75. The van der Waals surface area contributed by atoms with E-state index in [4.69, 9.17) is 22.1 Å². The smallest absolute Gasteiger partial charge is 0.131 e. The maximum Gasteiger partial charge on any atom is 0.131 e. The van der Waals surface area contributed by atoms with Gasteiger partial charge in [0.25, 0.3) is 0 Å². The maximum atomic E-state index is 6.08. The zero-order valence-electron chi connectivity index (χ0n) is 11.0. The van der Waals surface area contributed by atoms with Gasteiger partial charge in [-0.05, 0) is 12.1 Å². The van der Waals surface area contributed by atoms with Gasteiger partial charge in [-0.1, -0.05) is 31.5 Å². The fourth-order valence-electron chi connectivity index (χ4n) is 1.68. The van der Waals surface area contributed by atoms with Gasteiger partial charge < -0.3 is 10.5 Å². The van der Waals surface area contributed by atoms with Crippen LogP contribution in [0, 0.1) is 0 Å². The second-order valence-electron chi connectivity index (χ2n) is 4.54. The van der Waals surface area contributed by atoms with Crippen LogP contribution in [0.5, 0.6) is 5.75 Å². The summed E-state index contributed by atoms with van der Waals surface area (Å²) in [5, 5.41) is 3.80. The molecule has 1 aromatic heterocycles. The van der Waals surface area contributed by atoms with Crippen molar-refractivity contribution in [1.29, 1.82) is 0 Å². The van der Waals surface area contributed by atoms with Gasteiger partial charge in [0, 0.05) is 28.4 Å². The van der Waals surface area contributed by atoms with Crippen LogP contribution < -0.4 is 10.5 Å². The normalized spacial score (nSPS) is 11.0. The Bertz CT molecular complexity index is 554. The second-order valence-corrected chi connectivity index (χ2v) is 5.84. The van der Waals surface area contributed by atoms with Gasteiger partial charge in [-0.15, -0.1) is 11.3 Å². The summed E-state index contributed by atoms with van der Waals surface area (Å²) < 4.78 is 5.77. The number of aromatic nitrogens is 1. The minimum atomic E-state index is 0.364. The first-order valence-electron chi connectivity index (χ1n) is 6.16. The molecule has 3 nitrogen and oxygen atoms in total. The monoisotopic (exact) mass is 296 g/mol. The van der Waals surface area contributed by atoms with Gasteiger partial charge >= 0.3 is 0 Å². The first-order valence-corrected chi connectivity index (χ1v) is 7.42. The molecule has 0 bridgehead atoms. The molecule has 1 aromatic carbocycles. The van der Waals surface area contributed by atoms with Crippen LogP contribution in [0.2, 0.25) is 5.02 Å². The molecule has 0 aliphatic heterocycles. The SMILES string of the molecule is CC(C)c1nc(COc2cccc(Cl)c2CN)cs1. The zero-order valence-corrected chi connectivity index (χ0v) is 12.6. The average Bonchev–Trinajstić information content (AvgIpc) is 2.85. The molecule has 1 heterocycles. The van der Waals surface area contributed by atoms with E-state index in [1.807, 2.05) is 23.6 Å². The Morgan fingerprint density at radius 1 is 1.42 bits per heavy atom. The van der Waals surface area contributed by atoms with Crippen molar-refractivity contribution in [3.8, 4) is 5.75 Å². The van der Waals surface area contributed by atoms with Crippen LogP contribution in [0.3, 0.4) is 0 Å². The summed E-state index contributed by atoms with van der Waals surface area (Å²) in [7, 11) is 0. The molecule has 0 fully saturated rings.